The second kappa shape index (κ2) is 3.71. The lowest BCUT2D eigenvalue weighted by atomic mass is 10.2. The van der Waals surface area contributed by atoms with Crippen LogP contribution in [0, 0.1) is 5.95 Å². The number of halogens is 2. The topological polar surface area (TPSA) is 62.6 Å². The van der Waals surface area contributed by atoms with E-state index >= 15 is 0 Å². The first kappa shape index (κ1) is 9.24. The van der Waals surface area contributed by atoms with E-state index < -0.39 is 13.3 Å². The van der Waals surface area contributed by atoms with Crippen LogP contribution in [0.5, 0.6) is 5.75 Å². The lowest BCUT2D eigenvalue weighted by Gasteiger charge is -2.05. The van der Waals surface area contributed by atoms with E-state index in [2.05, 4.69) is 9.64 Å². The third kappa shape index (κ3) is 2.33. The van der Waals surface area contributed by atoms with Gasteiger partial charge in [0.1, 0.15) is 5.75 Å². The highest BCUT2D eigenvalue weighted by Gasteiger charge is 2.14. The van der Waals surface area contributed by atoms with Crippen molar-refractivity contribution in [3.05, 3.63) is 23.2 Å². The standard InChI is InChI=1S/C5H4BClFNO3/c7-3-2-9-5(8)1-4(3)12-6(10)11/h1-2,10-11H. The molecule has 0 spiro atoms. The normalized spacial score (nSPS) is 9.67. The maximum atomic E-state index is 12.4. The van der Waals surface area contributed by atoms with Crippen LogP contribution in [-0.4, -0.2) is 22.4 Å². The van der Waals surface area contributed by atoms with Crippen molar-refractivity contribution in [2.24, 2.45) is 0 Å². The molecule has 0 atom stereocenters. The SMILES string of the molecule is OB(O)Oc1cc(F)ncc1Cl. The highest BCUT2D eigenvalue weighted by atomic mass is 35.5. The lowest BCUT2D eigenvalue weighted by molar-refractivity contribution is 0.287. The summed E-state index contributed by atoms with van der Waals surface area (Å²) in [6.07, 6.45) is 1.01. The minimum atomic E-state index is -2.02. The Hall–Kier alpha value is -0.845. The number of hydrogen-bond acceptors (Lipinski definition) is 4. The van der Waals surface area contributed by atoms with Crippen LogP contribution in [0.1, 0.15) is 0 Å². The summed E-state index contributed by atoms with van der Waals surface area (Å²) in [7, 11) is -2.02. The van der Waals surface area contributed by atoms with Crippen molar-refractivity contribution in [2.45, 2.75) is 0 Å². The molecule has 0 aliphatic heterocycles. The molecule has 7 heteroatoms. The molecule has 0 aromatic carbocycles. The van der Waals surface area contributed by atoms with Crippen LogP contribution in [-0.2, 0) is 0 Å². The Morgan fingerprint density at radius 3 is 2.83 bits per heavy atom. The molecule has 1 heterocycles. The summed E-state index contributed by atoms with van der Waals surface area (Å²) in [5.41, 5.74) is 0. The van der Waals surface area contributed by atoms with Crippen molar-refractivity contribution in [1.82, 2.24) is 4.98 Å². The first-order valence-corrected chi connectivity index (χ1v) is 3.31. The molecular formula is C5H4BClFNO3. The van der Waals surface area contributed by atoms with Gasteiger partial charge in [0.05, 0.1) is 11.2 Å². The molecule has 0 saturated heterocycles. The van der Waals surface area contributed by atoms with Crippen molar-refractivity contribution in [3.8, 4) is 5.75 Å². The second-order valence-electron chi connectivity index (χ2n) is 1.88. The lowest BCUT2D eigenvalue weighted by Crippen LogP contribution is -2.20. The quantitative estimate of drug-likeness (QED) is 0.519. The number of pyridine rings is 1. The van der Waals surface area contributed by atoms with Crippen LogP contribution < -0.4 is 4.65 Å². The fraction of sp³-hybridized carbons (Fsp3) is 0. The van der Waals surface area contributed by atoms with Crippen LogP contribution in [0.2, 0.25) is 5.02 Å². The molecule has 0 amide bonds. The summed E-state index contributed by atoms with van der Waals surface area (Å²) in [5.74, 6) is -0.978. The maximum absolute atomic E-state index is 12.4. The van der Waals surface area contributed by atoms with Crippen molar-refractivity contribution in [1.29, 1.82) is 0 Å². The molecule has 0 saturated carbocycles. The number of nitrogens with zero attached hydrogens (tertiary/aromatic N) is 1. The molecule has 0 fully saturated rings. The van der Waals surface area contributed by atoms with Crippen molar-refractivity contribution < 1.29 is 19.1 Å². The van der Waals surface area contributed by atoms with Gasteiger partial charge in [0.2, 0.25) is 5.95 Å². The Morgan fingerprint density at radius 1 is 1.58 bits per heavy atom. The Labute approximate surface area is 72.7 Å². The van der Waals surface area contributed by atoms with Gasteiger partial charge in [0.25, 0.3) is 0 Å². The van der Waals surface area contributed by atoms with Crippen LogP contribution in [0.4, 0.5) is 4.39 Å². The summed E-state index contributed by atoms with van der Waals surface area (Å²) in [5, 5.41) is 16.7. The fourth-order valence-electron chi connectivity index (χ4n) is 0.600. The Kier molecular flexibility index (Phi) is 2.85. The van der Waals surface area contributed by atoms with Gasteiger partial charge in [0.15, 0.2) is 0 Å². The van der Waals surface area contributed by atoms with E-state index in [-0.39, 0.29) is 10.8 Å². The minimum Gasteiger partial charge on any atom is -0.511 e. The van der Waals surface area contributed by atoms with E-state index in [1.807, 2.05) is 0 Å². The smallest absolute Gasteiger partial charge is 0.511 e. The summed E-state index contributed by atoms with van der Waals surface area (Å²) in [4.78, 5) is 3.20. The first-order valence-electron chi connectivity index (χ1n) is 2.93. The maximum Gasteiger partial charge on any atom is 0.707 e. The molecule has 1 rings (SSSR count). The molecule has 64 valence electrons. The largest absolute Gasteiger partial charge is 0.707 e. The molecular weight excluding hydrogens is 187 g/mol. The molecule has 0 unspecified atom stereocenters. The molecule has 2 N–H and O–H groups in total. The van der Waals surface area contributed by atoms with Crippen molar-refractivity contribution in [3.63, 3.8) is 0 Å². The number of rotatable bonds is 2. The molecule has 1 aromatic rings. The van der Waals surface area contributed by atoms with Crippen LogP contribution in [0.15, 0.2) is 12.3 Å². The van der Waals surface area contributed by atoms with E-state index in [4.69, 9.17) is 21.6 Å². The molecule has 0 aliphatic rings. The summed E-state index contributed by atoms with van der Waals surface area (Å²) < 4.78 is 16.7. The minimum absolute atomic E-state index is 0.00417. The van der Waals surface area contributed by atoms with Gasteiger partial charge in [-0.15, -0.1) is 0 Å². The Morgan fingerprint density at radius 2 is 2.25 bits per heavy atom. The van der Waals surface area contributed by atoms with Crippen LogP contribution in [0.3, 0.4) is 0 Å². The van der Waals surface area contributed by atoms with Gasteiger partial charge in [0, 0.05) is 6.07 Å². The van der Waals surface area contributed by atoms with E-state index in [9.17, 15) is 4.39 Å². The Balaban J connectivity index is 2.90. The van der Waals surface area contributed by atoms with Gasteiger partial charge in [-0.05, 0) is 0 Å². The van der Waals surface area contributed by atoms with E-state index in [0.29, 0.717) is 0 Å². The summed E-state index contributed by atoms with van der Waals surface area (Å²) in [6, 6.07) is 0.849. The van der Waals surface area contributed by atoms with Crippen LogP contribution in [0.25, 0.3) is 0 Å². The molecule has 0 aliphatic carbocycles. The van der Waals surface area contributed by atoms with Gasteiger partial charge >= 0.3 is 7.32 Å². The summed E-state index contributed by atoms with van der Waals surface area (Å²) >= 11 is 5.46. The van der Waals surface area contributed by atoms with Gasteiger partial charge in [-0.3, -0.25) is 0 Å². The zero-order valence-electron chi connectivity index (χ0n) is 5.74. The zero-order chi connectivity index (χ0) is 9.14. The molecule has 1 aromatic heterocycles. The van der Waals surface area contributed by atoms with Gasteiger partial charge in [-0.25, -0.2) is 4.98 Å². The van der Waals surface area contributed by atoms with E-state index in [0.717, 1.165) is 12.3 Å². The highest BCUT2D eigenvalue weighted by Crippen LogP contribution is 2.23. The van der Waals surface area contributed by atoms with Gasteiger partial charge in [-0.1, -0.05) is 11.6 Å². The van der Waals surface area contributed by atoms with Crippen molar-refractivity contribution in [2.75, 3.05) is 0 Å². The monoisotopic (exact) mass is 191 g/mol. The van der Waals surface area contributed by atoms with E-state index in [1.165, 1.54) is 0 Å². The van der Waals surface area contributed by atoms with Gasteiger partial charge in [-0.2, -0.15) is 4.39 Å². The molecule has 12 heavy (non-hydrogen) atoms. The second-order valence-corrected chi connectivity index (χ2v) is 2.29. The molecule has 0 radical (unpaired) electrons. The first-order chi connectivity index (χ1) is 5.59. The van der Waals surface area contributed by atoms with Crippen LogP contribution >= 0.6 is 11.6 Å². The third-order valence-corrected chi connectivity index (χ3v) is 1.30. The number of aromatic nitrogens is 1. The predicted molar refractivity (Wildman–Crippen MR) is 40.0 cm³/mol. The molecule has 4 nitrogen and oxygen atoms in total. The third-order valence-electron chi connectivity index (χ3n) is 1.02. The van der Waals surface area contributed by atoms with Crippen molar-refractivity contribution >= 4 is 18.9 Å². The van der Waals surface area contributed by atoms with Gasteiger partial charge < -0.3 is 14.7 Å². The van der Waals surface area contributed by atoms with E-state index in [1.54, 1.807) is 0 Å². The predicted octanol–water partition coefficient (Wildman–Crippen LogP) is 0.222. The average Bonchev–Trinajstić information content (AvgIpc) is 1.96. The number of hydrogen-bond donors (Lipinski definition) is 2. The Bertz CT molecular complexity index is 285. The average molecular weight is 191 g/mol. The fourth-order valence-corrected chi connectivity index (χ4v) is 0.748. The highest BCUT2D eigenvalue weighted by molar-refractivity contribution is 6.36. The molecule has 0 bridgehead atoms. The summed E-state index contributed by atoms with van der Waals surface area (Å²) in [6.45, 7) is 0. The zero-order valence-corrected chi connectivity index (χ0v) is 6.49.